The number of pyridine rings is 1. The molecule has 0 spiro atoms. The van der Waals surface area contributed by atoms with Crippen LogP contribution in [0, 0.1) is 5.82 Å². The van der Waals surface area contributed by atoms with Gasteiger partial charge in [0.1, 0.15) is 5.82 Å². The first-order valence-electron chi connectivity index (χ1n) is 9.27. The number of aromatic nitrogens is 1. The molecule has 3 aromatic rings. The highest BCUT2D eigenvalue weighted by atomic mass is 35.5. The largest absolute Gasteiger partial charge is 0.384 e. The van der Waals surface area contributed by atoms with Crippen molar-refractivity contribution < 1.29 is 4.39 Å². The van der Waals surface area contributed by atoms with E-state index in [1.54, 1.807) is 18.3 Å². The van der Waals surface area contributed by atoms with Crippen molar-refractivity contribution in [2.45, 2.75) is 32.7 Å². The maximum atomic E-state index is 14.0. The van der Waals surface area contributed by atoms with E-state index in [9.17, 15) is 4.39 Å². The minimum absolute atomic E-state index is 0.0894. The number of nitrogens with one attached hydrogen (secondary N) is 2. The Kier molecular flexibility index (Phi) is 6.43. The summed E-state index contributed by atoms with van der Waals surface area (Å²) in [5.41, 5.74) is 3.35. The average Bonchev–Trinajstić information content (AvgIpc) is 2.62. The highest BCUT2D eigenvalue weighted by Crippen LogP contribution is 2.35. The van der Waals surface area contributed by atoms with Crippen molar-refractivity contribution >= 4 is 39.8 Å². The Bertz CT molecular complexity index is 983. The molecule has 28 heavy (non-hydrogen) atoms. The normalized spacial score (nSPS) is 11.8. The summed E-state index contributed by atoms with van der Waals surface area (Å²) in [6, 6.07) is 10.4. The van der Waals surface area contributed by atoms with Crippen LogP contribution in [0.4, 0.5) is 10.1 Å². The van der Waals surface area contributed by atoms with Crippen molar-refractivity contribution in [3.05, 3.63) is 58.5 Å². The molecule has 6 heteroatoms. The minimum atomic E-state index is -0.448. The molecule has 0 saturated heterocycles. The SMILES string of the molecule is CC(C)(C)NCCCNc1c(-c2ccc(Cl)c(F)c2)cnc2cc(Cl)ccc12. The first kappa shape index (κ1) is 20.8. The Balaban J connectivity index is 1.93. The zero-order chi connectivity index (χ0) is 20.3. The lowest BCUT2D eigenvalue weighted by Crippen LogP contribution is -2.36. The van der Waals surface area contributed by atoms with Crippen molar-refractivity contribution in [2.75, 3.05) is 18.4 Å². The number of hydrogen-bond donors (Lipinski definition) is 2. The second-order valence-electron chi connectivity index (χ2n) is 7.79. The highest BCUT2D eigenvalue weighted by Gasteiger charge is 2.13. The Hall–Kier alpha value is -1.88. The topological polar surface area (TPSA) is 37.0 Å². The van der Waals surface area contributed by atoms with E-state index in [1.165, 1.54) is 6.07 Å². The summed E-state index contributed by atoms with van der Waals surface area (Å²) in [5, 5.41) is 8.67. The van der Waals surface area contributed by atoms with Crippen LogP contribution in [0.3, 0.4) is 0 Å². The first-order valence-corrected chi connectivity index (χ1v) is 10.0. The molecule has 0 aliphatic heterocycles. The van der Waals surface area contributed by atoms with Gasteiger partial charge in [-0.1, -0.05) is 29.3 Å². The summed E-state index contributed by atoms with van der Waals surface area (Å²) in [4.78, 5) is 4.52. The van der Waals surface area contributed by atoms with Gasteiger partial charge in [0.05, 0.1) is 16.2 Å². The van der Waals surface area contributed by atoms with Crippen LogP contribution < -0.4 is 10.6 Å². The summed E-state index contributed by atoms with van der Waals surface area (Å²) >= 11 is 12.0. The van der Waals surface area contributed by atoms with Gasteiger partial charge in [0.2, 0.25) is 0 Å². The summed E-state index contributed by atoms with van der Waals surface area (Å²) in [5.74, 6) is -0.448. The van der Waals surface area contributed by atoms with Crippen LogP contribution in [0.5, 0.6) is 0 Å². The predicted octanol–water partition coefficient (Wildman–Crippen LogP) is 6.54. The van der Waals surface area contributed by atoms with Crippen LogP contribution in [0.25, 0.3) is 22.0 Å². The van der Waals surface area contributed by atoms with Gasteiger partial charge in [0.15, 0.2) is 0 Å². The summed E-state index contributed by atoms with van der Waals surface area (Å²) < 4.78 is 14.0. The molecule has 0 unspecified atom stereocenters. The lowest BCUT2D eigenvalue weighted by atomic mass is 10.0. The lowest BCUT2D eigenvalue weighted by Gasteiger charge is -2.21. The van der Waals surface area contributed by atoms with Gasteiger partial charge in [-0.3, -0.25) is 4.98 Å². The predicted molar refractivity (Wildman–Crippen MR) is 118 cm³/mol. The van der Waals surface area contributed by atoms with Gasteiger partial charge in [0, 0.05) is 34.3 Å². The molecule has 0 aliphatic carbocycles. The standard InChI is InChI=1S/C22H24Cl2FN3/c1-22(2,3)28-10-4-9-26-21-16-7-6-15(23)12-20(16)27-13-17(21)14-5-8-18(24)19(25)11-14/h5-8,11-13,28H,4,9-10H2,1-3H3,(H,26,27). The third kappa shape index (κ3) is 5.13. The van der Waals surface area contributed by atoms with Gasteiger partial charge in [0.25, 0.3) is 0 Å². The molecule has 3 nitrogen and oxygen atoms in total. The molecular formula is C22H24Cl2FN3. The summed E-state index contributed by atoms with van der Waals surface area (Å²) in [6.07, 6.45) is 2.69. The molecule has 0 aliphatic rings. The van der Waals surface area contributed by atoms with Gasteiger partial charge >= 0.3 is 0 Å². The fraction of sp³-hybridized carbons (Fsp3) is 0.318. The van der Waals surface area contributed by atoms with Crippen LogP contribution in [0.1, 0.15) is 27.2 Å². The maximum absolute atomic E-state index is 14.0. The second kappa shape index (κ2) is 8.64. The van der Waals surface area contributed by atoms with Crippen LogP contribution in [0.2, 0.25) is 10.0 Å². The van der Waals surface area contributed by atoms with Crippen molar-refractivity contribution in [1.29, 1.82) is 0 Å². The molecule has 2 N–H and O–H groups in total. The smallest absolute Gasteiger partial charge is 0.142 e. The molecular weight excluding hydrogens is 396 g/mol. The monoisotopic (exact) mass is 419 g/mol. The van der Waals surface area contributed by atoms with Gasteiger partial charge < -0.3 is 10.6 Å². The number of anilines is 1. The number of halogens is 3. The van der Waals surface area contributed by atoms with E-state index in [1.807, 2.05) is 18.2 Å². The molecule has 0 radical (unpaired) electrons. The number of benzene rings is 2. The van der Waals surface area contributed by atoms with Gasteiger partial charge in [-0.2, -0.15) is 0 Å². The van der Waals surface area contributed by atoms with Gasteiger partial charge in [-0.05, 0) is 69.6 Å². The third-order valence-electron chi connectivity index (χ3n) is 4.37. The van der Waals surface area contributed by atoms with Crippen LogP contribution >= 0.6 is 23.2 Å². The molecule has 0 atom stereocenters. The molecule has 0 saturated carbocycles. The van der Waals surface area contributed by atoms with E-state index in [2.05, 4.69) is 36.4 Å². The van der Waals surface area contributed by atoms with Gasteiger partial charge in [-0.25, -0.2) is 4.39 Å². The van der Waals surface area contributed by atoms with Crippen molar-refractivity contribution in [3.8, 4) is 11.1 Å². The third-order valence-corrected chi connectivity index (χ3v) is 4.91. The van der Waals surface area contributed by atoms with Crippen LogP contribution in [-0.4, -0.2) is 23.6 Å². The molecule has 3 rings (SSSR count). The Morgan fingerprint density at radius 1 is 1.04 bits per heavy atom. The summed E-state index contributed by atoms with van der Waals surface area (Å²) in [6.45, 7) is 8.11. The maximum Gasteiger partial charge on any atom is 0.142 e. The average molecular weight is 420 g/mol. The zero-order valence-corrected chi connectivity index (χ0v) is 17.8. The fourth-order valence-corrected chi connectivity index (χ4v) is 3.29. The molecule has 0 bridgehead atoms. The van der Waals surface area contributed by atoms with Crippen molar-refractivity contribution in [3.63, 3.8) is 0 Å². The number of rotatable bonds is 6. The summed E-state index contributed by atoms with van der Waals surface area (Å²) in [7, 11) is 0. The van der Waals surface area contributed by atoms with E-state index >= 15 is 0 Å². The lowest BCUT2D eigenvalue weighted by molar-refractivity contribution is 0.425. The number of nitrogens with zero attached hydrogens (tertiary/aromatic N) is 1. The van der Waals surface area contributed by atoms with Crippen molar-refractivity contribution in [2.24, 2.45) is 0 Å². The quantitative estimate of drug-likeness (QED) is 0.445. The molecule has 0 fully saturated rings. The molecule has 2 aromatic carbocycles. The molecule has 148 valence electrons. The minimum Gasteiger partial charge on any atom is -0.384 e. The van der Waals surface area contributed by atoms with E-state index < -0.39 is 5.82 Å². The Morgan fingerprint density at radius 3 is 2.54 bits per heavy atom. The van der Waals surface area contributed by atoms with Gasteiger partial charge in [-0.15, -0.1) is 0 Å². The van der Waals surface area contributed by atoms with E-state index in [0.717, 1.165) is 47.2 Å². The first-order chi connectivity index (χ1) is 13.2. The van der Waals surface area contributed by atoms with E-state index in [0.29, 0.717) is 5.02 Å². The Morgan fingerprint density at radius 2 is 1.82 bits per heavy atom. The number of hydrogen-bond acceptors (Lipinski definition) is 3. The van der Waals surface area contributed by atoms with Crippen LogP contribution in [-0.2, 0) is 0 Å². The fourth-order valence-electron chi connectivity index (χ4n) is 3.00. The molecule has 1 aromatic heterocycles. The Labute approximate surface area is 175 Å². The second-order valence-corrected chi connectivity index (χ2v) is 8.64. The van der Waals surface area contributed by atoms with E-state index in [-0.39, 0.29) is 10.6 Å². The molecule has 1 heterocycles. The zero-order valence-electron chi connectivity index (χ0n) is 16.2. The van der Waals surface area contributed by atoms with Crippen molar-refractivity contribution in [1.82, 2.24) is 10.3 Å². The highest BCUT2D eigenvalue weighted by molar-refractivity contribution is 6.31. The van der Waals surface area contributed by atoms with Crippen LogP contribution in [0.15, 0.2) is 42.6 Å². The number of fused-ring (bicyclic) bond motifs is 1. The van der Waals surface area contributed by atoms with E-state index in [4.69, 9.17) is 23.2 Å². The molecule has 0 amide bonds.